The van der Waals surface area contributed by atoms with E-state index >= 15 is 0 Å². The molecule has 6 heteroatoms. The molecule has 3 atom stereocenters. The number of hydrogen-bond acceptors (Lipinski definition) is 5. The van der Waals surface area contributed by atoms with Crippen molar-refractivity contribution in [2.75, 3.05) is 7.11 Å². The van der Waals surface area contributed by atoms with E-state index in [0.717, 1.165) is 33.4 Å². The first-order valence-electron chi connectivity index (χ1n) is 13.7. The minimum absolute atomic E-state index is 0.301. The lowest BCUT2D eigenvalue weighted by Gasteiger charge is -2.40. The summed E-state index contributed by atoms with van der Waals surface area (Å²) in [7, 11) is 1.62. The minimum Gasteiger partial charge on any atom is -0.497 e. The second kappa shape index (κ2) is 8.91. The molecule has 5 aromatic rings. The fraction of sp³-hybridized carbons (Fsp3) is 0.200. The molecule has 1 aliphatic heterocycles. The van der Waals surface area contributed by atoms with Gasteiger partial charge in [-0.25, -0.2) is 4.98 Å². The standard InChI is InChI=1S/C35H30N2O4/c1-20-10-12-24(13-11-20)32-36-31-28(33(38)37-32)30(23-8-6-5-7-9-23)35(25-14-16-26(40-4)17-15-25)34(31,39)29-22(3)18-21(2)19-27(29)41-35/h5-19,30,39H,1-4H3,(H,36,37,38)/t30-,34+,35+/m1/s1. The van der Waals surface area contributed by atoms with Gasteiger partial charge in [-0.15, -0.1) is 0 Å². The van der Waals surface area contributed by atoms with Crippen LogP contribution in [0, 0.1) is 20.8 Å². The van der Waals surface area contributed by atoms with Gasteiger partial charge < -0.3 is 19.6 Å². The maximum absolute atomic E-state index is 14.2. The van der Waals surface area contributed by atoms with Crippen molar-refractivity contribution in [1.29, 1.82) is 0 Å². The Balaban J connectivity index is 1.62. The van der Waals surface area contributed by atoms with Gasteiger partial charge in [0.2, 0.25) is 0 Å². The number of nitrogens with one attached hydrogen (secondary N) is 1. The Bertz CT molecular complexity index is 1860. The number of ether oxygens (including phenoxy) is 2. The Morgan fingerprint density at radius 1 is 0.902 bits per heavy atom. The quantitative estimate of drug-likeness (QED) is 0.289. The summed E-state index contributed by atoms with van der Waals surface area (Å²) >= 11 is 0. The van der Waals surface area contributed by atoms with Crippen molar-refractivity contribution >= 4 is 0 Å². The molecule has 0 spiro atoms. The number of rotatable bonds is 4. The van der Waals surface area contributed by atoms with Crippen LogP contribution < -0.4 is 15.0 Å². The van der Waals surface area contributed by atoms with Crippen molar-refractivity contribution in [3.8, 4) is 22.9 Å². The Hall–Kier alpha value is -4.68. The van der Waals surface area contributed by atoms with Gasteiger partial charge in [-0.1, -0.05) is 78.4 Å². The molecule has 7 rings (SSSR count). The van der Waals surface area contributed by atoms with Gasteiger partial charge in [0.15, 0.2) is 11.2 Å². The average Bonchev–Trinajstić information content (AvgIpc) is 3.36. The van der Waals surface area contributed by atoms with E-state index in [1.54, 1.807) is 7.11 Å². The molecular formula is C35H30N2O4. The van der Waals surface area contributed by atoms with E-state index in [1.807, 2.05) is 112 Å². The predicted octanol–water partition coefficient (Wildman–Crippen LogP) is 6.04. The lowest BCUT2D eigenvalue weighted by atomic mass is 9.69. The van der Waals surface area contributed by atoms with Gasteiger partial charge in [-0.05, 0) is 55.7 Å². The number of hydrogen-bond donors (Lipinski definition) is 2. The SMILES string of the molecule is COc1ccc([C@@]23Oc4cc(C)cc(C)c4[C@]2(O)c2nc(-c4ccc(C)cc4)[nH]c(=O)c2[C@H]3c2ccccc2)cc1. The van der Waals surface area contributed by atoms with Crippen LogP contribution in [-0.2, 0) is 11.2 Å². The number of aromatic amines is 1. The van der Waals surface area contributed by atoms with Crippen LogP contribution in [0.25, 0.3) is 11.4 Å². The Morgan fingerprint density at radius 3 is 2.29 bits per heavy atom. The topological polar surface area (TPSA) is 84.4 Å². The first-order chi connectivity index (χ1) is 19.8. The van der Waals surface area contributed by atoms with Crippen LogP contribution in [0.1, 0.15) is 50.6 Å². The molecule has 2 aliphatic rings. The summed E-state index contributed by atoms with van der Waals surface area (Å²) in [6, 6.07) is 29.1. The van der Waals surface area contributed by atoms with E-state index in [9.17, 15) is 9.90 Å². The highest BCUT2D eigenvalue weighted by Crippen LogP contribution is 2.68. The molecule has 2 heterocycles. The molecular weight excluding hydrogens is 512 g/mol. The van der Waals surface area contributed by atoms with Crippen molar-refractivity contribution < 1.29 is 14.6 Å². The predicted molar refractivity (Wildman–Crippen MR) is 158 cm³/mol. The van der Waals surface area contributed by atoms with Crippen molar-refractivity contribution in [2.45, 2.75) is 37.9 Å². The summed E-state index contributed by atoms with van der Waals surface area (Å²) in [5, 5.41) is 13.3. The molecule has 1 aliphatic carbocycles. The van der Waals surface area contributed by atoms with Crippen LogP contribution in [0.5, 0.6) is 11.5 Å². The lowest BCUT2D eigenvalue weighted by molar-refractivity contribution is -0.0906. The summed E-state index contributed by atoms with van der Waals surface area (Å²) in [5.41, 5.74) is 3.19. The summed E-state index contributed by atoms with van der Waals surface area (Å²) in [6.07, 6.45) is 0. The van der Waals surface area contributed by atoms with Crippen LogP contribution in [0.15, 0.2) is 95.8 Å². The zero-order chi connectivity index (χ0) is 28.5. The number of nitrogens with zero attached hydrogens (tertiary/aromatic N) is 1. The molecule has 204 valence electrons. The molecule has 1 aromatic heterocycles. The Labute approximate surface area is 238 Å². The first-order valence-corrected chi connectivity index (χ1v) is 13.7. The van der Waals surface area contributed by atoms with Gasteiger partial charge in [-0.3, -0.25) is 4.79 Å². The molecule has 0 saturated carbocycles. The normalized spacial score (nSPS) is 22.0. The van der Waals surface area contributed by atoms with Gasteiger partial charge in [0.05, 0.1) is 24.3 Å². The summed E-state index contributed by atoms with van der Waals surface area (Å²) < 4.78 is 12.5. The Kier molecular flexibility index (Phi) is 5.50. The van der Waals surface area contributed by atoms with E-state index in [4.69, 9.17) is 14.5 Å². The highest BCUT2D eigenvalue weighted by Gasteiger charge is 2.73. The van der Waals surface area contributed by atoms with Crippen molar-refractivity contribution in [1.82, 2.24) is 9.97 Å². The third-order valence-electron chi connectivity index (χ3n) is 8.58. The number of aromatic nitrogens is 2. The summed E-state index contributed by atoms with van der Waals surface area (Å²) in [6.45, 7) is 5.99. The molecule has 0 unspecified atom stereocenters. The first kappa shape index (κ1) is 25.3. The van der Waals surface area contributed by atoms with Crippen LogP contribution in [0.4, 0.5) is 0 Å². The molecule has 6 nitrogen and oxygen atoms in total. The van der Waals surface area contributed by atoms with E-state index in [2.05, 4.69) is 4.98 Å². The van der Waals surface area contributed by atoms with Crippen LogP contribution in [0.2, 0.25) is 0 Å². The minimum atomic E-state index is -1.77. The molecule has 0 bridgehead atoms. The fourth-order valence-corrected chi connectivity index (χ4v) is 6.87. The second-order valence-corrected chi connectivity index (χ2v) is 11.1. The maximum atomic E-state index is 14.2. The molecule has 0 saturated heterocycles. The average molecular weight is 543 g/mol. The highest BCUT2D eigenvalue weighted by molar-refractivity contribution is 5.67. The van der Waals surface area contributed by atoms with E-state index in [0.29, 0.717) is 34.1 Å². The van der Waals surface area contributed by atoms with Gasteiger partial charge in [0.1, 0.15) is 17.3 Å². The number of aryl methyl sites for hydroxylation is 3. The van der Waals surface area contributed by atoms with E-state index in [-0.39, 0.29) is 5.56 Å². The van der Waals surface area contributed by atoms with Gasteiger partial charge in [0.25, 0.3) is 5.56 Å². The van der Waals surface area contributed by atoms with Crippen LogP contribution >= 0.6 is 0 Å². The molecule has 0 amide bonds. The monoisotopic (exact) mass is 542 g/mol. The lowest BCUT2D eigenvalue weighted by Crippen LogP contribution is -2.49. The van der Waals surface area contributed by atoms with Crippen molar-refractivity contribution in [3.63, 3.8) is 0 Å². The zero-order valence-electron chi connectivity index (χ0n) is 23.4. The number of methoxy groups -OCH3 is 1. The van der Waals surface area contributed by atoms with Crippen molar-refractivity contribution in [2.24, 2.45) is 0 Å². The highest BCUT2D eigenvalue weighted by atomic mass is 16.5. The zero-order valence-corrected chi connectivity index (χ0v) is 23.4. The van der Waals surface area contributed by atoms with Crippen LogP contribution in [-0.4, -0.2) is 22.2 Å². The Morgan fingerprint density at radius 2 is 1.61 bits per heavy atom. The molecule has 4 aromatic carbocycles. The smallest absolute Gasteiger partial charge is 0.255 e. The molecule has 0 fully saturated rings. The number of H-pyrrole nitrogens is 1. The molecule has 2 N–H and O–H groups in total. The maximum Gasteiger partial charge on any atom is 0.255 e. The van der Waals surface area contributed by atoms with Crippen LogP contribution in [0.3, 0.4) is 0 Å². The number of benzene rings is 4. The third kappa shape index (κ3) is 3.40. The van der Waals surface area contributed by atoms with Crippen molar-refractivity contribution in [3.05, 3.63) is 146 Å². The van der Waals surface area contributed by atoms with Gasteiger partial charge in [-0.2, -0.15) is 0 Å². The second-order valence-electron chi connectivity index (χ2n) is 11.1. The molecule has 0 radical (unpaired) electrons. The summed E-state index contributed by atoms with van der Waals surface area (Å²) in [4.78, 5) is 22.3. The van der Waals surface area contributed by atoms with Gasteiger partial charge >= 0.3 is 0 Å². The fourth-order valence-electron chi connectivity index (χ4n) is 6.87. The largest absolute Gasteiger partial charge is 0.497 e. The number of aliphatic hydroxyl groups is 1. The van der Waals surface area contributed by atoms with E-state index < -0.39 is 17.1 Å². The summed E-state index contributed by atoms with van der Waals surface area (Å²) in [5.74, 6) is 1.01. The van der Waals surface area contributed by atoms with Gasteiger partial charge in [0, 0.05) is 16.7 Å². The third-order valence-corrected chi connectivity index (χ3v) is 8.58. The van der Waals surface area contributed by atoms with E-state index in [1.165, 1.54) is 0 Å². The number of fused-ring (bicyclic) bond motifs is 5. The molecule has 41 heavy (non-hydrogen) atoms.